The van der Waals surface area contributed by atoms with Crippen LogP contribution in [0.25, 0.3) is 0 Å². The Morgan fingerprint density at radius 2 is 2.40 bits per heavy atom. The topological polar surface area (TPSA) is 47.9 Å². The Hall–Kier alpha value is -0.610. The zero-order chi connectivity index (χ0) is 7.56. The van der Waals surface area contributed by atoms with Crippen LogP contribution in [0.3, 0.4) is 0 Å². The normalized spacial score (nSPS) is 24.3. The van der Waals surface area contributed by atoms with Crippen molar-refractivity contribution in [2.24, 2.45) is 4.99 Å². The maximum atomic E-state index is 9.14. The highest BCUT2D eigenvalue weighted by molar-refractivity contribution is 5.55. The van der Waals surface area contributed by atoms with Crippen LogP contribution in [-0.4, -0.2) is 35.3 Å². The number of aliphatic hydroxyl groups is 1. The van der Waals surface area contributed by atoms with Gasteiger partial charge in [-0.2, -0.15) is 5.01 Å². The molecule has 4 heteroatoms. The number of aliphatic imine (C=N–C) groups is 1. The van der Waals surface area contributed by atoms with E-state index in [-0.39, 0.29) is 12.1 Å². The summed E-state index contributed by atoms with van der Waals surface area (Å²) >= 11 is 0. The molecule has 1 aliphatic heterocycles. The average molecular weight is 143 g/mol. The monoisotopic (exact) mass is 143 g/mol. The molecule has 0 aromatic carbocycles. The van der Waals surface area contributed by atoms with Crippen LogP contribution < -0.4 is 5.43 Å². The fraction of sp³-hybridized carbons (Fsp3) is 0.833. The number of nitrogens with zero attached hydrogens (tertiary/aromatic N) is 2. The van der Waals surface area contributed by atoms with E-state index in [9.17, 15) is 0 Å². The molecule has 0 aromatic rings. The summed E-state index contributed by atoms with van der Waals surface area (Å²) in [6, 6.07) is 0.113. The minimum Gasteiger partial charge on any atom is -0.392 e. The van der Waals surface area contributed by atoms with Crippen molar-refractivity contribution < 1.29 is 5.11 Å². The second-order valence-electron chi connectivity index (χ2n) is 2.53. The van der Waals surface area contributed by atoms with Gasteiger partial charge in [0.05, 0.1) is 18.5 Å². The average Bonchev–Trinajstić information content (AvgIpc) is 2.36. The predicted octanol–water partition coefficient (Wildman–Crippen LogP) is -0.438. The van der Waals surface area contributed by atoms with Gasteiger partial charge in [0, 0.05) is 0 Å². The lowest BCUT2D eigenvalue weighted by atomic mass is 10.2. The first-order valence-electron chi connectivity index (χ1n) is 3.41. The van der Waals surface area contributed by atoms with E-state index in [4.69, 9.17) is 5.11 Å². The molecule has 0 spiro atoms. The summed E-state index contributed by atoms with van der Waals surface area (Å²) in [6.45, 7) is 4.35. The van der Waals surface area contributed by atoms with Gasteiger partial charge in [-0.15, -0.1) is 0 Å². The summed E-state index contributed by atoms with van der Waals surface area (Å²) in [5, 5.41) is 11.0. The molecule has 1 rings (SSSR count). The lowest BCUT2D eigenvalue weighted by molar-refractivity contribution is 0.0638. The number of rotatable bonds is 2. The van der Waals surface area contributed by atoms with Gasteiger partial charge >= 0.3 is 0 Å². The van der Waals surface area contributed by atoms with Crippen LogP contribution >= 0.6 is 0 Å². The summed E-state index contributed by atoms with van der Waals surface area (Å²) in [4.78, 5) is 3.95. The first-order chi connectivity index (χ1) is 4.72. The van der Waals surface area contributed by atoms with Crippen LogP contribution in [-0.2, 0) is 0 Å². The van der Waals surface area contributed by atoms with Gasteiger partial charge < -0.3 is 10.5 Å². The predicted molar refractivity (Wildman–Crippen MR) is 39.5 cm³/mol. The van der Waals surface area contributed by atoms with E-state index in [2.05, 4.69) is 10.4 Å². The molecule has 4 nitrogen and oxygen atoms in total. The standard InChI is InChI=1S/C6H13N3O/c1-5(6(2)10)9-4-7-3-8-9/h3,5-6,10H,4H2,1-2H3,(H,7,8). The van der Waals surface area contributed by atoms with E-state index < -0.39 is 0 Å². The molecule has 0 amide bonds. The van der Waals surface area contributed by atoms with E-state index in [0.717, 1.165) is 0 Å². The van der Waals surface area contributed by atoms with Gasteiger partial charge in [0.1, 0.15) is 6.67 Å². The van der Waals surface area contributed by atoms with Crippen molar-refractivity contribution in [2.75, 3.05) is 6.67 Å². The molecule has 0 aliphatic carbocycles. The van der Waals surface area contributed by atoms with Gasteiger partial charge in [-0.05, 0) is 13.8 Å². The van der Waals surface area contributed by atoms with Crippen LogP contribution in [0.15, 0.2) is 4.99 Å². The van der Waals surface area contributed by atoms with Gasteiger partial charge in [-0.3, -0.25) is 4.99 Å². The van der Waals surface area contributed by atoms with E-state index in [1.54, 1.807) is 13.3 Å². The Bertz CT molecular complexity index is 127. The zero-order valence-corrected chi connectivity index (χ0v) is 6.28. The van der Waals surface area contributed by atoms with Crippen LogP contribution in [0.5, 0.6) is 0 Å². The zero-order valence-electron chi connectivity index (χ0n) is 6.28. The van der Waals surface area contributed by atoms with Crippen molar-refractivity contribution >= 4 is 6.34 Å². The highest BCUT2D eigenvalue weighted by atomic mass is 16.3. The van der Waals surface area contributed by atoms with Crippen molar-refractivity contribution in [1.29, 1.82) is 0 Å². The molecule has 0 bridgehead atoms. The molecule has 1 aliphatic rings. The lowest BCUT2D eigenvalue weighted by Crippen LogP contribution is -2.45. The van der Waals surface area contributed by atoms with E-state index in [0.29, 0.717) is 6.67 Å². The Labute approximate surface area is 60.5 Å². The maximum absolute atomic E-state index is 9.14. The smallest absolute Gasteiger partial charge is 0.111 e. The number of hydrogen-bond acceptors (Lipinski definition) is 4. The third kappa shape index (κ3) is 1.46. The molecule has 1 heterocycles. The lowest BCUT2D eigenvalue weighted by Gasteiger charge is -2.24. The maximum Gasteiger partial charge on any atom is 0.111 e. The summed E-state index contributed by atoms with van der Waals surface area (Å²) in [6.07, 6.45) is 1.31. The molecule has 10 heavy (non-hydrogen) atoms. The molecule has 2 N–H and O–H groups in total. The molecule has 0 radical (unpaired) electrons. The fourth-order valence-corrected chi connectivity index (χ4v) is 0.791. The molecule has 0 aromatic heterocycles. The SMILES string of the molecule is CC(O)C(C)N1CN=CN1. The van der Waals surface area contributed by atoms with Crippen LogP contribution in [0.4, 0.5) is 0 Å². The Kier molecular flexibility index (Phi) is 2.24. The number of hydrazine groups is 1. The van der Waals surface area contributed by atoms with Crippen LogP contribution in [0.1, 0.15) is 13.8 Å². The molecule has 2 unspecified atom stereocenters. The molecule has 0 saturated carbocycles. The van der Waals surface area contributed by atoms with Crippen LogP contribution in [0, 0.1) is 0 Å². The van der Waals surface area contributed by atoms with Gasteiger partial charge in [0.15, 0.2) is 0 Å². The molecular weight excluding hydrogens is 130 g/mol. The van der Waals surface area contributed by atoms with E-state index >= 15 is 0 Å². The summed E-state index contributed by atoms with van der Waals surface area (Å²) < 4.78 is 0. The van der Waals surface area contributed by atoms with E-state index in [1.807, 2.05) is 11.9 Å². The highest BCUT2D eigenvalue weighted by Gasteiger charge is 2.18. The largest absolute Gasteiger partial charge is 0.392 e. The molecule has 0 fully saturated rings. The Morgan fingerprint density at radius 3 is 2.80 bits per heavy atom. The summed E-state index contributed by atoms with van der Waals surface area (Å²) in [5.74, 6) is 0. The van der Waals surface area contributed by atoms with E-state index in [1.165, 1.54) is 0 Å². The van der Waals surface area contributed by atoms with Crippen molar-refractivity contribution in [3.8, 4) is 0 Å². The van der Waals surface area contributed by atoms with Crippen LogP contribution in [0.2, 0.25) is 0 Å². The first-order valence-corrected chi connectivity index (χ1v) is 3.41. The molecule has 0 saturated heterocycles. The molecule has 2 atom stereocenters. The Balaban J connectivity index is 2.34. The second-order valence-corrected chi connectivity index (χ2v) is 2.53. The number of aliphatic hydroxyl groups excluding tert-OH is 1. The third-order valence-corrected chi connectivity index (χ3v) is 1.74. The molecule has 58 valence electrons. The third-order valence-electron chi connectivity index (χ3n) is 1.74. The minimum absolute atomic E-state index is 0.113. The van der Waals surface area contributed by atoms with Gasteiger partial charge in [-0.25, -0.2) is 0 Å². The van der Waals surface area contributed by atoms with Crippen molar-refractivity contribution in [2.45, 2.75) is 26.0 Å². The van der Waals surface area contributed by atoms with Gasteiger partial charge in [0.25, 0.3) is 0 Å². The molecular formula is C6H13N3O. The van der Waals surface area contributed by atoms with Crippen molar-refractivity contribution in [3.63, 3.8) is 0 Å². The van der Waals surface area contributed by atoms with Gasteiger partial charge in [-0.1, -0.05) is 0 Å². The summed E-state index contributed by atoms with van der Waals surface area (Å²) in [7, 11) is 0. The van der Waals surface area contributed by atoms with Gasteiger partial charge in [0.2, 0.25) is 0 Å². The number of nitrogens with one attached hydrogen (secondary N) is 1. The number of hydrogen-bond donors (Lipinski definition) is 2. The minimum atomic E-state index is -0.325. The first kappa shape index (κ1) is 7.50. The highest BCUT2D eigenvalue weighted by Crippen LogP contribution is 2.02. The van der Waals surface area contributed by atoms with Crippen molar-refractivity contribution in [3.05, 3.63) is 0 Å². The second kappa shape index (κ2) is 2.98. The quantitative estimate of drug-likeness (QED) is 0.551. The van der Waals surface area contributed by atoms with Crippen molar-refractivity contribution in [1.82, 2.24) is 10.4 Å². The fourth-order valence-electron chi connectivity index (χ4n) is 0.791. The Morgan fingerprint density at radius 1 is 1.70 bits per heavy atom. The summed E-state index contributed by atoms with van der Waals surface area (Å²) in [5.41, 5.74) is 2.92.